The van der Waals surface area contributed by atoms with Crippen molar-refractivity contribution < 1.29 is 22.7 Å². The van der Waals surface area contributed by atoms with Crippen molar-refractivity contribution in [3.8, 4) is 23.1 Å². The smallest absolute Gasteiger partial charge is 0.366 e. The third-order valence-corrected chi connectivity index (χ3v) is 5.94. The second-order valence-corrected chi connectivity index (χ2v) is 8.25. The predicted octanol–water partition coefficient (Wildman–Crippen LogP) is 4.12. The van der Waals surface area contributed by atoms with Crippen molar-refractivity contribution in [3.05, 3.63) is 53.2 Å². The van der Waals surface area contributed by atoms with E-state index in [2.05, 4.69) is 22.1 Å². The van der Waals surface area contributed by atoms with Gasteiger partial charge in [-0.15, -0.1) is 0 Å². The molecule has 1 saturated heterocycles. The Bertz CT molecular complexity index is 1030. The Morgan fingerprint density at radius 2 is 1.91 bits per heavy atom. The van der Waals surface area contributed by atoms with E-state index in [1.165, 1.54) is 36.1 Å². The van der Waals surface area contributed by atoms with Crippen LogP contribution in [0.1, 0.15) is 47.2 Å². The Morgan fingerprint density at radius 1 is 1.15 bits per heavy atom. The van der Waals surface area contributed by atoms with Gasteiger partial charge in [0, 0.05) is 43.5 Å². The Kier molecular flexibility index (Phi) is 7.31. The lowest BCUT2D eigenvalue weighted by Gasteiger charge is -2.28. The summed E-state index contributed by atoms with van der Waals surface area (Å²) in [6.07, 6.45) is 1.73. The minimum absolute atomic E-state index is 0.295. The zero-order valence-electron chi connectivity index (χ0n) is 18.3. The molecule has 1 aliphatic carbocycles. The average molecular weight is 457 g/mol. The van der Waals surface area contributed by atoms with Gasteiger partial charge in [-0.05, 0) is 37.1 Å². The van der Waals surface area contributed by atoms with Crippen LogP contribution in [0.25, 0.3) is 11.3 Å². The minimum atomic E-state index is -4.65. The van der Waals surface area contributed by atoms with Crippen LogP contribution < -0.4 is 5.32 Å². The summed E-state index contributed by atoms with van der Waals surface area (Å²) in [6, 6.07) is 7.11. The number of nitrogens with zero attached hydrogens (tertiary/aromatic N) is 2. The highest BCUT2D eigenvalue weighted by Crippen LogP contribution is 2.35. The number of amides is 1. The van der Waals surface area contributed by atoms with Crippen LogP contribution in [-0.4, -0.2) is 54.7 Å². The largest absolute Gasteiger partial charge is 0.417 e. The summed E-state index contributed by atoms with van der Waals surface area (Å²) < 4.78 is 47.1. The van der Waals surface area contributed by atoms with Crippen LogP contribution in [-0.2, 0) is 10.9 Å². The number of hydrogen-bond donors (Lipinski definition) is 1. The molecule has 2 fully saturated rings. The first-order chi connectivity index (χ1) is 15.9. The normalized spacial score (nSPS) is 17.0. The molecule has 1 aliphatic heterocycles. The van der Waals surface area contributed by atoms with Crippen molar-refractivity contribution in [2.45, 2.75) is 38.0 Å². The molecule has 2 aromatic rings. The van der Waals surface area contributed by atoms with Gasteiger partial charge in [0.05, 0.1) is 22.9 Å². The SMILES string of the molecule is O=C(c1ccc(-c2ccc(C#CCOC3CCCC3)cn2)cc1C(F)(F)F)N1CCNCC1. The van der Waals surface area contributed by atoms with Gasteiger partial charge >= 0.3 is 6.18 Å². The van der Waals surface area contributed by atoms with Gasteiger partial charge < -0.3 is 15.0 Å². The van der Waals surface area contributed by atoms with E-state index in [1.54, 1.807) is 12.1 Å². The van der Waals surface area contributed by atoms with Gasteiger partial charge in [0.25, 0.3) is 5.91 Å². The van der Waals surface area contributed by atoms with E-state index in [-0.39, 0.29) is 5.56 Å². The minimum Gasteiger partial charge on any atom is -0.366 e. The second kappa shape index (κ2) is 10.4. The number of piperazine rings is 1. The summed E-state index contributed by atoms with van der Waals surface area (Å²) >= 11 is 0. The highest BCUT2D eigenvalue weighted by atomic mass is 19.4. The number of nitrogens with one attached hydrogen (secondary N) is 1. The molecule has 1 aromatic heterocycles. The summed E-state index contributed by atoms with van der Waals surface area (Å²) in [5, 5.41) is 3.09. The van der Waals surface area contributed by atoms with E-state index in [4.69, 9.17) is 4.74 Å². The molecule has 0 radical (unpaired) electrons. The average Bonchev–Trinajstić information content (AvgIpc) is 3.35. The highest BCUT2D eigenvalue weighted by Gasteiger charge is 2.37. The number of halogens is 3. The fourth-order valence-corrected chi connectivity index (χ4v) is 4.15. The molecule has 1 amide bonds. The topological polar surface area (TPSA) is 54.5 Å². The molecule has 33 heavy (non-hydrogen) atoms. The maximum Gasteiger partial charge on any atom is 0.417 e. The Hall–Kier alpha value is -2.89. The molecule has 2 aliphatic rings. The number of rotatable bonds is 4. The lowest BCUT2D eigenvalue weighted by atomic mass is 10.00. The molecule has 5 nitrogen and oxygen atoms in total. The standard InChI is InChI=1S/C25H26F3N3O2/c26-25(27,28)22-16-19(8-9-21(22)24(32)31-13-11-29-12-14-31)23-10-7-18(17-30-23)4-3-15-33-20-5-1-2-6-20/h7-10,16-17,20,29H,1-2,5-6,11-15H2. The molecule has 1 N–H and O–H groups in total. The lowest BCUT2D eigenvalue weighted by Crippen LogP contribution is -2.46. The second-order valence-electron chi connectivity index (χ2n) is 8.25. The maximum atomic E-state index is 13.8. The first-order valence-electron chi connectivity index (χ1n) is 11.2. The Morgan fingerprint density at radius 3 is 2.58 bits per heavy atom. The van der Waals surface area contributed by atoms with Gasteiger partial charge in [0.1, 0.15) is 6.61 Å². The summed E-state index contributed by atoms with van der Waals surface area (Å²) in [5.74, 6) is 5.33. The van der Waals surface area contributed by atoms with E-state index in [9.17, 15) is 18.0 Å². The summed E-state index contributed by atoms with van der Waals surface area (Å²) in [4.78, 5) is 18.5. The molecule has 8 heteroatoms. The van der Waals surface area contributed by atoms with Gasteiger partial charge in [0.2, 0.25) is 0 Å². The Labute approximate surface area is 191 Å². The molecule has 0 atom stereocenters. The highest BCUT2D eigenvalue weighted by molar-refractivity contribution is 5.96. The number of alkyl halides is 3. The van der Waals surface area contributed by atoms with Gasteiger partial charge in [0.15, 0.2) is 0 Å². The molecule has 0 spiro atoms. The van der Waals surface area contributed by atoms with Crippen molar-refractivity contribution in [1.29, 1.82) is 0 Å². The zero-order valence-corrected chi connectivity index (χ0v) is 18.3. The molecular formula is C25H26F3N3O2. The number of aromatic nitrogens is 1. The monoisotopic (exact) mass is 457 g/mol. The molecule has 0 bridgehead atoms. The first-order valence-corrected chi connectivity index (χ1v) is 11.2. The Balaban J connectivity index is 1.49. The summed E-state index contributed by atoms with van der Waals surface area (Å²) in [6.45, 7) is 2.25. The summed E-state index contributed by atoms with van der Waals surface area (Å²) in [5.41, 5.74) is 0.0594. The van der Waals surface area contributed by atoms with Gasteiger partial charge in [-0.1, -0.05) is 30.7 Å². The van der Waals surface area contributed by atoms with Crippen LogP contribution in [0, 0.1) is 11.8 Å². The molecule has 0 unspecified atom stereocenters. The van der Waals surface area contributed by atoms with Crippen molar-refractivity contribution in [1.82, 2.24) is 15.2 Å². The molecule has 1 aromatic carbocycles. The number of ether oxygens (including phenoxy) is 1. The van der Waals surface area contributed by atoms with Crippen LogP contribution in [0.2, 0.25) is 0 Å². The van der Waals surface area contributed by atoms with E-state index in [0.717, 1.165) is 18.9 Å². The van der Waals surface area contributed by atoms with Crippen molar-refractivity contribution in [2.75, 3.05) is 32.8 Å². The number of benzene rings is 1. The predicted molar refractivity (Wildman–Crippen MR) is 119 cm³/mol. The fraction of sp³-hybridized carbons (Fsp3) is 0.440. The number of pyridine rings is 1. The molecular weight excluding hydrogens is 431 g/mol. The third-order valence-electron chi connectivity index (χ3n) is 5.94. The molecule has 174 valence electrons. The van der Waals surface area contributed by atoms with E-state index in [1.807, 2.05) is 0 Å². The molecule has 2 heterocycles. The van der Waals surface area contributed by atoms with Crippen LogP contribution >= 0.6 is 0 Å². The number of carbonyl (C=O) groups excluding carboxylic acids is 1. The van der Waals surface area contributed by atoms with E-state index >= 15 is 0 Å². The van der Waals surface area contributed by atoms with Crippen LogP contribution in [0.15, 0.2) is 36.5 Å². The van der Waals surface area contributed by atoms with Crippen molar-refractivity contribution >= 4 is 5.91 Å². The van der Waals surface area contributed by atoms with Gasteiger partial charge in [-0.2, -0.15) is 13.2 Å². The summed E-state index contributed by atoms with van der Waals surface area (Å²) in [7, 11) is 0. The van der Waals surface area contributed by atoms with Crippen molar-refractivity contribution in [2.24, 2.45) is 0 Å². The van der Waals surface area contributed by atoms with Gasteiger partial charge in [-0.25, -0.2) is 0 Å². The lowest BCUT2D eigenvalue weighted by molar-refractivity contribution is -0.138. The number of carbonyl (C=O) groups is 1. The quantitative estimate of drug-likeness (QED) is 0.702. The van der Waals surface area contributed by atoms with Crippen LogP contribution in [0.3, 0.4) is 0 Å². The van der Waals surface area contributed by atoms with E-state index < -0.39 is 17.6 Å². The van der Waals surface area contributed by atoms with Crippen LogP contribution in [0.5, 0.6) is 0 Å². The fourth-order valence-electron chi connectivity index (χ4n) is 4.15. The third kappa shape index (κ3) is 5.92. The van der Waals surface area contributed by atoms with E-state index in [0.29, 0.717) is 55.7 Å². The molecule has 4 rings (SSSR count). The van der Waals surface area contributed by atoms with Crippen molar-refractivity contribution in [3.63, 3.8) is 0 Å². The first kappa shape index (κ1) is 23.3. The zero-order chi connectivity index (χ0) is 23.3. The maximum absolute atomic E-state index is 13.8. The van der Waals surface area contributed by atoms with Crippen LogP contribution in [0.4, 0.5) is 13.2 Å². The van der Waals surface area contributed by atoms with Gasteiger partial charge in [-0.3, -0.25) is 9.78 Å². The number of hydrogen-bond acceptors (Lipinski definition) is 4. The molecule has 1 saturated carbocycles.